The first-order valence-corrected chi connectivity index (χ1v) is 8.06. The summed E-state index contributed by atoms with van der Waals surface area (Å²) in [6, 6.07) is 5.74. The number of pyridine rings is 1. The molecule has 122 valence electrons. The fraction of sp³-hybridized carbons (Fsp3) is 0.471. The maximum Gasteiger partial charge on any atom is 0.219 e. The van der Waals surface area contributed by atoms with Gasteiger partial charge in [-0.15, -0.1) is 0 Å². The number of carbonyl (C=O) groups is 1. The van der Waals surface area contributed by atoms with Gasteiger partial charge < -0.3 is 9.64 Å². The number of amides is 1. The molecule has 0 atom stereocenters. The Morgan fingerprint density at radius 1 is 1.35 bits per heavy atom. The molecule has 1 amide bonds. The van der Waals surface area contributed by atoms with Gasteiger partial charge in [-0.1, -0.05) is 0 Å². The standard InChI is InChI=1S/C17H22N4O2/c1-13(22)21-9-5-14(6-10-21)7-11-23-15-2-3-16(18-12-15)17-4-8-19-20-17/h2-4,8,12,14H,5-7,9-11H2,1H3,(H,19,20). The van der Waals surface area contributed by atoms with Crippen molar-refractivity contribution in [2.75, 3.05) is 19.7 Å². The van der Waals surface area contributed by atoms with Crippen LogP contribution in [0.15, 0.2) is 30.6 Å². The Morgan fingerprint density at radius 2 is 2.17 bits per heavy atom. The van der Waals surface area contributed by atoms with Crippen LogP contribution in [0.25, 0.3) is 11.4 Å². The van der Waals surface area contributed by atoms with Crippen LogP contribution in [0.4, 0.5) is 0 Å². The number of ether oxygens (including phenoxy) is 1. The molecular formula is C17H22N4O2. The molecule has 1 N–H and O–H groups in total. The highest BCUT2D eigenvalue weighted by Crippen LogP contribution is 2.22. The van der Waals surface area contributed by atoms with Gasteiger partial charge in [-0.25, -0.2) is 0 Å². The molecule has 0 aliphatic carbocycles. The zero-order valence-corrected chi connectivity index (χ0v) is 13.4. The summed E-state index contributed by atoms with van der Waals surface area (Å²) in [5.41, 5.74) is 1.75. The number of nitrogens with one attached hydrogen (secondary N) is 1. The Kier molecular flexibility index (Phi) is 4.90. The lowest BCUT2D eigenvalue weighted by Gasteiger charge is -2.31. The van der Waals surface area contributed by atoms with Crippen LogP contribution in [0.2, 0.25) is 0 Å². The van der Waals surface area contributed by atoms with Gasteiger partial charge in [0.05, 0.1) is 24.2 Å². The molecule has 1 saturated heterocycles. The average Bonchev–Trinajstić information content (AvgIpc) is 3.10. The Morgan fingerprint density at radius 3 is 2.78 bits per heavy atom. The summed E-state index contributed by atoms with van der Waals surface area (Å²) in [6.45, 7) is 4.08. The van der Waals surface area contributed by atoms with Gasteiger partial charge in [-0.3, -0.25) is 14.9 Å². The Bertz CT molecular complexity index is 617. The molecular weight excluding hydrogens is 292 g/mol. The Labute approximate surface area is 135 Å². The van der Waals surface area contributed by atoms with Crippen LogP contribution in [-0.4, -0.2) is 45.7 Å². The minimum absolute atomic E-state index is 0.183. The van der Waals surface area contributed by atoms with Crippen LogP contribution in [0.1, 0.15) is 26.2 Å². The third kappa shape index (κ3) is 4.09. The van der Waals surface area contributed by atoms with E-state index in [4.69, 9.17) is 4.74 Å². The molecule has 6 nitrogen and oxygen atoms in total. The van der Waals surface area contributed by atoms with E-state index in [9.17, 15) is 4.79 Å². The SMILES string of the molecule is CC(=O)N1CCC(CCOc2ccc(-c3ccn[nH]3)nc2)CC1. The van der Waals surface area contributed by atoms with Crippen molar-refractivity contribution in [2.24, 2.45) is 5.92 Å². The fourth-order valence-electron chi connectivity index (χ4n) is 2.90. The van der Waals surface area contributed by atoms with Gasteiger partial charge >= 0.3 is 0 Å². The van der Waals surface area contributed by atoms with Gasteiger partial charge in [0.25, 0.3) is 0 Å². The zero-order chi connectivity index (χ0) is 16.1. The quantitative estimate of drug-likeness (QED) is 0.920. The van der Waals surface area contributed by atoms with E-state index in [0.29, 0.717) is 12.5 Å². The molecule has 2 aromatic heterocycles. The summed E-state index contributed by atoms with van der Waals surface area (Å²) in [6.07, 6.45) is 6.61. The first-order chi connectivity index (χ1) is 11.2. The molecule has 3 rings (SSSR count). The summed E-state index contributed by atoms with van der Waals surface area (Å²) < 4.78 is 5.79. The van der Waals surface area contributed by atoms with Crippen molar-refractivity contribution in [3.8, 4) is 17.1 Å². The predicted molar refractivity (Wildman–Crippen MR) is 86.9 cm³/mol. The van der Waals surface area contributed by atoms with Gasteiger partial charge in [0.2, 0.25) is 5.91 Å². The molecule has 0 saturated carbocycles. The molecule has 0 spiro atoms. The maximum atomic E-state index is 11.3. The molecule has 0 radical (unpaired) electrons. The van der Waals surface area contributed by atoms with Gasteiger partial charge in [-0.05, 0) is 43.4 Å². The van der Waals surface area contributed by atoms with Crippen molar-refractivity contribution >= 4 is 5.91 Å². The summed E-state index contributed by atoms with van der Waals surface area (Å²) in [7, 11) is 0. The smallest absolute Gasteiger partial charge is 0.219 e. The highest BCUT2D eigenvalue weighted by Gasteiger charge is 2.20. The molecule has 1 aliphatic rings. The van der Waals surface area contributed by atoms with Crippen molar-refractivity contribution in [1.29, 1.82) is 0 Å². The second-order valence-electron chi connectivity index (χ2n) is 5.94. The number of hydrogen-bond donors (Lipinski definition) is 1. The number of piperidine rings is 1. The average molecular weight is 314 g/mol. The first-order valence-electron chi connectivity index (χ1n) is 8.06. The van der Waals surface area contributed by atoms with E-state index >= 15 is 0 Å². The second-order valence-corrected chi connectivity index (χ2v) is 5.94. The van der Waals surface area contributed by atoms with E-state index < -0.39 is 0 Å². The number of aromatic amines is 1. The lowest BCUT2D eigenvalue weighted by Crippen LogP contribution is -2.37. The van der Waals surface area contributed by atoms with Crippen LogP contribution in [0.5, 0.6) is 5.75 Å². The number of carbonyl (C=O) groups excluding carboxylic acids is 1. The monoisotopic (exact) mass is 314 g/mol. The molecule has 6 heteroatoms. The largest absolute Gasteiger partial charge is 0.492 e. The second kappa shape index (κ2) is 7.26. The van der Waals surface area contributed by atoms with Crippen LogP contribution >= 0.6 is 0 Å². The van der Waals surface area contributed by atoms with E-state index in [1.807, 2.05) is 23.1 Å². The zero-order valence-electron chi connectivity index (χ0n) is 13.4. The highest BCUT2D eigenvalue weighted by molar-refractivity contribution is 5.73. The Balaban J connectivity index is 1.42. The van der Waals surface area contributed by atoms with Gasteiger partial charge in [0.15, 0.2) is 0 Å². The lowest BCUT2D eigenvalue weighted by molar-refractivity contribution is -0.130. The van der Waals surface area contributed by atoms with Crippen LogP contribution < -0.4 is 4.74 Å². The molecule has 1 aliphatic heterocycles. The third-order valence-corrected chi connectivity index (χ3v) is 4.37. The minimum atomic E-state index is 0.183. The molecule has 23 heavy (non-hydrogen) atoms. The van der Waals surface area contributed by atoms with E-state index in [1.165, 1.54) is 0 Å². The van der Waals surface area contributed by atoms with Crippen LogP contribution in [0, 0.1) is 5.92 Å². The number of H-pyrrole nitrogens is 1. The van der Waals surface area contributed by atoms with E-state index in [-0.39, 0.29) is 5.91 Å². The van der Waals surface area contributed by atoms with E-state index in [0.717, 1.165) is 49.5 Å². The first kappa shape index (κ1) is 15.5. The fourth-order valence-corrected chi connectivity index (χ4v) is 2.90. The molecule has 3 heterocycles. The number of hydrogen-bond acceptors (Lipinski definition) is 4. The van der Waals surface area contributed by atoms with Crippen molar-refractivity contribution < 1.29 is 9.53 Å². The number of likely N-dealkylation sites (tertiary alicyclic amines) is 1. The van der Waals surface area contributed by atoms with Crippen LogP contribution in [0.3, 0.4) is 0 Å². The molecule has 2 aromatic rings. The van der Waals surface area contributed by atoms with Crippen LogP contribution in [-0.2, 0) is 4.79 Å². The van der Waals surface area contributed by atoms with Crippen molar-refractivity contribution in [1.82, 2.24) is 20.1 Å². The van der Waals surface area contributed by atoms with Gasteiger partial charge in [0, 0.05) is 26.2 Å². The van der Waals surface area contributed by atoms with Crippen molar-refractivity contribution in [2.45, 2.75) is 26.2 Å². The highest BCUT2D eigenvalue weighted by atomic mass is 16.5. The third-order valence-electron chi connectivity index (χ3n) is 4.37. The summed E-state index contributed by atoms with van der Waals surface area (Å²) in [5.74, 6) is 1.61. The molecule has 0 aromatic carbocycles. The van der Waals surface area contributed by atoms with Gasteiger partial charge in [-0.2, -0.15) is 5.10 Å². The van der Waals surface area contributed by atoms with Gasteiger partial charge in [0.1, 0.15) is 5.75 Å². The number of rotatable bonds is 5. The van der Waals surface area contributed by atoms with Crippen molar-refractivity contribution in [3.63, 3.8) is 0 Å². The van der Waals surface area contributed by atoms with E-state index in [2.05, 4.69) is 15.2 Å². The minimum Gasteiger partial charge on any atom is -0.492 e. The van der Waals surface area contributed by atoms with E-state index in [1.54, 1.807) is 19.3 Å². The number of aromatic nitrogens is 3. The summed E-state index contributed by atoms with van der Waals surface area (Å²) in [5, 5.41) is 6.81. The normalized spacial score (nSPS) is 15.6. The molecule has 1 fully saturated rings. The topological polar surface area (TPSA) is 71.1 Å². The summed E-state index contributed by atoms with van der Waals surface area (Å²) >= 11 is 0. The lowest BCUT2D eigenvalue weighted by atomic mass is 9.94. The Hall–Kier alpha value is -2.37. The molecule has 0 bridgehead atoms. The number of nitrogens with zero attached hydrogens (tertiary/aromatic N) is 3. The maximum absolute atomic E-state index is 11.3. The molecule has 0 unspecified atom stereocenters. The predicted octanol–water partition coefficient (Wildman–Crippen LogP) is 2.50. The van der Waals surface area contributed by atoms with Crippen molar-refractivity contribution in [3.05, 3.63) is 30.6 Å². The summed E-state index contributed by atoms with van der Waals surface area (Å²) in [4.78, 5) is 17.6.